The van der Waals surface area contributed by atoms with Crippen LogP contribution in [0.3, 0.4) is 0 Å². The van der Waals surface area contributed by atoms with Crippen LogP contribution in [0.1, 0.15) is 55.2 Å². The van der Waals surface area contributed by atoms with E-state index in [1.165, 1.54) is 4.90 Å². The summed E-state index contributed by atoms with van der Waals surface area (Å²) in [6.07, 6.45) is 1.75. The van der Waals surface area contributed by atoms with Gasteiger partial charge in [-0.05, 0) is 34.2 Å². The number of carbonyl (C=O) groups is 3. The van der Waals surface area contributed by atoms with Crippen molar-refractivity contribution >= 4 is 18.0 Å². The molecule has 1 atom stereocenters. The van der Waals surface area contributed by atoms with Crippen LogP contribution in [0.15, 0.2) is 78.9 Å². The van der Waals surface area contributed by atoms with E-state index in [0.29, 0.717) is 6.42 Å². The average Bonchev–Trinajstić information content (AvgIpc) is 3.24. The van der Waals surface area contributed by atoms with Gasteiger partial charge in [0.2, 0.25) is 5.91 Å². The van der Waals surface area contributed by atoms with Gasteiger partial charge in [-0.25, -0.2) is 4.79 Å². The summed E-state index contributed by atoms with van der Waals surface area (Å²) in [7, 11) is 0. The van der Waals surface area contributed by atoms with E-state index < -0.39 is 24.6 Å². The lowest BCUT2D eigenvalue weighted by Gasteiger charge is -2.25. The van der Waals surface area contributed by atoms with Gasteiger partial charge in [0.15, 0.2) is 0 Å². The lowest BCUT2D eigenvalue weighted by Crippen LogP contribution is -2.42. The normalized spacial score (nSPS) is 12.8. The number of ether oxygens (including phenoxy) is 1. The predicted molar refractivity (Wildman–Crippen MR) is 146 cm³/mol. The molecule has 0 spiro atoms. The van der Waals surface area contributed by atoms with Gasteiger partial charge in [-0.3, -0.25) is 9.59 Å². The average molecular weight is 515 g/mol. The fraction of sp³-hybridized carbons (Fsp3) is 0.323. The van der Waals surface area contributed by atoms with Crippen molar-refractivity contribution in [3.05, 3.63) is 95.6 Å². The van der Waals surface area contributed by atoms with Crippen molar-refractivity contribution in [2.45, 2.75) is 51.1 Å². The number of alkyl carbamates (subject to hydrolysis) is 1. The summed E-state index contributed by atoms with van der Waals surface area (Å²) < 4.78 is 5.68. The second kappa shape index (κ2) is 12.9. The first kappa shape index (κ1) is 26.9. The number of hydrogen-bond acceptors (Lipinski definition) is 4. The van der Waals surface area contributed by atoms with E-state index in [2.05, 4.69) is 29.6 Å². The maximum absolute atomic E-state index is 13.2. The van der Waals surface area contributed by atoms with E-state index in [1.807, 2.05) is 61.5 Å². The second-order valence-electron chi connectivity index (χ2n) is 9.64. The van der Waals surface area contributed by atoms with Crippen LogP contribution < -0.4 is 5.32 Å². The molecule has 38 heavy (non-hydrogen) atoms. The first-order chi connectivity index (χ1) is 18.5. The highest BCUT2D eigenvalue weighted by atomic mass is 16.5. The molecule has 1 aliphatic rings. The zero-order valence-electron chi connectivity index (χ0n) is 21.6. The van der Waals surface area contributed by atoms with Crippen molar-refractivity contribution in [2.75, 3.05) is 13.2 Å². The number of carbonyl (C=O) groups excluding carboxylic acids is 2. The number of benzene rings is 3. The number of rotatable bonds is 12. The van der Waals surface area contributed by atoms with Crippen molar-refractivity contribution in [3.8, 4) is 11.1 Å². The van der Waals surface area contributed by atoms with Crippen molar-refractivity contribution in [1.82, 2.24) is 10.2 Å². The third kappa shape index (κ3) is 6.79. The third-order valence-corrected chi connectivity index (χ3v) is 6.89. The monoisotopic (exact) mass is 514 g/mol. The molecule has 0 bridgehead atoms. The largest absolute Gasteiger partial charge is 0.480 e. The van der Waals surface area contributed by atoms with Crippen LogP contribution in [0.2, 0.25) is 0 Å². The number of aliphatic carboxylic acids is 1. The van der Waals surface area contributed by atoms with E-state index >= 15 is 0 Å². The first-order valence-corrected chi connectivity index (χ1v) is 13.1. The number of nitrogens with zero attached hydrogens (tertiary/aromatic N) is 1. The molecule has 2 amide bonds. The standard InChI is InChI=1S/C31H34N2O5/c1-2-3-13-23(18-29(34)33(20-30(35)36)19-22-11-5-4-6-12-22)32-31(37)38-21-28-26-16-9-7-14-24(26)25-15-8-10-17-27(25)28/h4-12,14-17,23,28H,2-3,13,18-21H2,1H3,(H,32,37)(H,35,36)/t23-/m0/s1. The topological polar surface area (TPSA) is 95.9 Å². The molecule has 7 heteroatoms. The molecule has 1 aliphatic carbocycles. The molecule has 0 heterocycles. The summed E-state index contributed by atoms with van der Waals surface area (Å²) in [4.78, 5) is 38.8. The van der Waals surface area contributed by atoms with Gasteiger partial charge in [0.25, 0.3) is 0 Å². The lowest BCUT2D eigenvalue weighted by atomic mass is 9.98. The Balaban J connectivity index is 1.39. The Labute approximate surface area is 223 Å². The van der Waals surface area contributed by atoms with E-state index in [4.69, 9.17) is 4.74 Å². The molecule has 3 aromatic rings. The smallest absolute Gasteiger partial charge is 0.407 e. The van der Waals surface area contributed by atoms with Crippen LogP contribution in [0, 0.1) is 0 Å². The van der Waals surface area contributed by atoms with E-state index in [9.17, 15) is 19.5 Å². The summed E-state index contributed by atoms with van der Waals surface area (Å²) in [5, 5.41) is 12.2. The highest BCUT2D eigenvalue weighted by molar-refractivity contribution is 5.82. The molecular weight excluding hydrogens is 480 g/mol. The minimum atomic E-state index is -1.08. The van der Waals surface area contributed by atoms with Crippen molar-refractivity contribution < 1.29 is 24.2 Å². The fourth-order valence-corrected chi connectivity index (χ4v) is 5.02. The molecule has 0 radical (unpaired) electrons. The Morgan fingerprint density at radius 2 is 1.53 bits per heavy atom. The molecule has 0 aromatic heterocycles. The fourth-order valence-electron chi connectivity index (χ4n) is 5.02. The van der Waals surface area contributed by atoms with Gasteiger partial charge in [0, 0.05) is 24.9 Å². The zero-order chi connectivity index (χ0) is 26.9. The minimum Gasteiger partial charge on any atom is -0.480 e. The van der Waals surface area contributed by atoms with Gasteiger partial charge < -0.3 is 20.1 Å². The third-order valence-electron chi connectivity index (χ3n) is 6.89. The Morgan fingerprint density at radius 1 is 0.921 bits per heavy atom. The molecule has 2 N–H and O–H groups in total. The number of amides is 2. The highest BCUT2D eigenvalue weighted by Gasteiger charge is 2.29. The SMILES string of the molecule is CCCC[C@@H](CC(=O)N(CC(=O)O)Cc1ccccc1)NC(=O)OCC1c2ccccc2-c2ccccc21. The van der Waals surface area contributed by atoms with Crippen molar-refractivity contribution in [1.29, 1.82) is 0 Å². The maximum atomic E-state index is 13.2. The van der Waals surface area contributed by atoms with Crippen LogP contribution in [-0.4, -0.2) is 47.2 Å². The van der Waals surface area contributed by atoms with Gasteiger partial charge in [-0.2, -0.15) is 0 Å². The number of nitrogens with one attached hydrogen (secondary N) is 1. The number of fused-ring (bicyclic) bond motifs is 3. The van der Waals surface area contributed by atoms with Gasteiger partial charge in [0.1, 0.15) is 13.2 Å². The quantitative estimate of drug-likeness (QED) is 0.329. The molecular formula is C31H34N2O5. The van der Waals surface area contributed by atoms with Crippen LogP contribution in [0.25, 0.3) is 11.1 Å². The van der Waals surface area contributed by atoms with Crippen LogP contribution in [0.5, 0.6) is 0 Å². The van der Waals surface area contributed by atoms with E-state index in [-0.39, 0.29) is 31.4 Å². The molecule has 0 saturated carbocycles. The van der Waals surface area contributed by atoms with Gasteiger partial charge in [0.05, 0.1) is 0 Å². The lowest BCUT2D eigenvalue weighted by molar-refractivity contribution is -0.145. The molecule has 4 rings (SSSR count). The zero-order valence-corrected chi connectivity index (χ0v) is 21.6. The van der Waals surface area contributed by atoms with Gasteiger partial charge in [-0.1, -0.05) is 98.6 Å². The Hall–Kier alpha value is -4.13. The van der Waals surface area contributed by atoms with Crippen molar-refractivity contribution in [3.63, 3.8) is 0 Å². The molecule has 0 fully saturated rings. The highest BCUT2D eigenvalue weighted by Crippen LogP contribution is 2.44. The number of unbranched alkanes of at least 4 members (excludes halogenated alkanes) is 1. The molecule has 3 aromatic carbocycles. The minimum absolute atomic E-state index is 0.00427. The van der Waals surface area contributed by atoms with Gasteiger partial charge >= 0.3 is 12.1 Å². The Morgan fingerprint density at radius 3 is 2.13 bits per heavy atom. The Bertz CT molecular complexity index is 1210. The molecule has 0 saturated heterocycles. The number of carboxylic acids is 1. The Kier molecular flexibility index (Phi) is 9.14. The molecule has 0 unspecified atom stereocenters. The summed E-state index contributed by atoms with van der Waals surface area (Å²) in [5.74, 6) is -1.46. The van der Waals surface area contributed by atoms with Crippen LogP contribution in [-0.2, 0) is 20.9 Å². The number of hydrogen-bond donors (Lipinski definition) is 2. The summed E-state index contributed by atoms with van der Waals surface area (Å²) in [6, 6.07) is 25.1. The molecule has 7 nitrogen and oxygen atoms in total. The molecule has 198 valence electrons. The van der Waals surface area contributed by atoms with Crippen LogP contribution in [0.4, 0.5) is 4.79 Å². The van der Waals surface area contributed by atoms with E-state index in [1.54, 1.807) is 0 Å². The summed E-state index contributed by atoms with van der Waals surface area (Å²) >= 11 is 0. The summed E-state index contributed by atoms with van der Waals surface area (Å²) in [5.41, 5.74) is 5.41. The number of carboxylic acid groups (broad SMARTS) is 1. The maximum Gasteiger partial charge on any atom is 0.407 e. The predicted octanol–water partition coefficient (Wildman–Crippen LogP) is 5.59. The first-order valence-electron chi connectivity index (χ1n) is 13.1. The second-order valence-corrected chi connectivity index (χ2v) is 9.64. The van der Waals surface area contributed by atoms with Crippen molar-refractivity contribution in [2.24, 2.45) is 0 Å². The summed E-state index contributed by atoms with van der Waals surface area (Å²) in [6.45, 7) is 2.02. The van der Waals surface area contributed by atoms with E-state index in [0.717, 1.165) is 40.7 Å². The molecule has 0 aliphatic heterocycles. The van der Waals surface area contributed by atoms with Gasteiger partial charge in [-0.15, -0.1) is 0 Å². The van der Waals surface area contributed by atoms with Crippen LogP contribution >= 0.6 is 0 Å².